The number of nitrogens with one attached hydrogen (secondary N) is 1. The van der Waals surface area contributed by atoms with Crippen molar-refractivity contribution in [2.24, 2.45) is 5.92 Å². The van der Waals surface area contributed by atoms with Gasteiger partial charge in [-0.25, -0.2) is 0 Å². The third kappa shape index (κ3) is 4.19. The monoisotopic (exact) mass is 266 g/mol. The van der Waals surface area contributed by atoms with Crippen LogP contribution in [0.4, 0.5) is 0 Å². The molecule has 2 fully saturated rings. The first-order chi connectivity index (χ1) is 9.22. The fourth-order valence-corrected chi connectivity index (χ4v) is 4.18. The van der Waals surface area contributed by atoms with Gasteiger partial charge in [0.2, 0.25) is 0 Å². The van der Waals surface area contributed by atoms with Crippen molar-refractivity contribution in [2.75, 3.05) is 13.1 Å². The van der Waals surface area contributed by atoms with Gasteiger partial charge in [-0.15, -0.1) is 0 Å². The van der Waals surface area contributed by atoms with Crippen molar-refractivity contribution in [3.63, 3.8) is 0 Å². The molecule has 0 aromatic heterocycles. The van der Waals surface area contributed by atoms with Crippen LogP contribution in [0.5, 0.6) is 0 Å². The summed E-state index contributed by atoms with van der Waals surface area (Å²) in [6.07, 6.45) is 11.2. The Balaban J connectivity index is 1.87. The quantitative estimate of drug-likeness (QED) is 0.779. The number of rotatable bonds is 4. The Labute approximate surface area is 120 Å². The first kappa shape index (κ1) is 15.3. The van der Waals surface area contributed by atoms with Gasteiger partial charge in [-0.05, 0) is 51.5 Å². The van der Waals surface area contributed by atoms with E-state index >= 15 is 0 Å². The van der Waals surface area contributed by atoms with E-state index in [1.54, 1.807) is 0 Å². The highest BCUT2D eigenvalue weighted by Gasteiger charge is 2.33. The molecular weight excluding hydrogens is 232 g/mol. The molecule has 0 aromatic rings. The van der Waals surface area contributed by atoms with Crippen LogP contribution in [0, 0.1) is 5.92 Å². The maximum absolute atomic E-state index is 3.72. The summed E-state index contributed by atoms with van der Waals surface area (Å²) in [5.41, 5.74) is 0. The maximum atomic E-state index is 3.72. The zero-order valence-corrected chi connectivity index (χ0v) is 13.3. The zero-order chi connectivity index (χ0) is 13.7. The van der Waals surface area contributed by atoms with E-state index in [4.69, 9.17) is 0 Å². The molecule has 0 spiro atoms. The summed E-state index contributed by atoms with van der Waals surface area (Å²) in [5.74, 6) is 0.908. The SMILES string of the molecule is CCCNC1CCN(C2CCCCCC2C)C(C)C1. The van der Waals surface area contributed by atoms with E-state index in [2.05, 4.69) is 31.0 Å². The fraction of sp³-hybridized carbons (Fsp3) is 1.00. The normalized spacial score (nSPS) is 38.1. The summed E-state index contributed by atoms with van der Waals surface area (Å²) in [5, 5.41) is 3.72. The van der Waals surface area contributed by atoms with Crippen molar-refractivity contribution < 1.29 is 0 Å². The van der Waals surface area contributed by atoms with Gasteiger partial charge in [0.15, 0.2) is 0 Å². The lowest BCUT2D eigenvalue weighted by Gasteiger charge is -2.44. The molecule has 2 rings (SSSR count). The summed E-state index contributed by atoms with van der Waals surface area (Å²) < 4.78 is 0. The molecule has 4 unspecified atom stereocenters. The van der Waals surface area contributed by atoms with Gasteiger partial charge in [-0.3, -0.25) is 4.90 Å². The van der Waals surface area contributed by atoms with Crippen molar-refractivity contribution in [1.29, 1.82) is 0 Å². The van der Waals surface area contributed by atoms with Gasteiger partial charge >= 0.3 is 0 Å². The van der Waals surface area contributed by atoms with E-state index in [1.807, 2.05) is 0 Å². The Morgan fingerprint density at radius 3 is 2.58 bits per heavy atom. The largest absolute Gasteiger partial charge is 0.314 e. The second-order valence-corrected chi connectivity index (χ2v) is 6.94. The molecule has 4 atom stereocenters. The zero-order valence-electron chi connectivity index (χ0n) is 13.3. The molecular formula is C17H34N2. The van der Waals surface area contributed by atoms with Crippen LogP contribution < -0.4 is 5.32 Å². The van der Waals surface area contributed by atoms with Crippen LogP contribution in [-0.2, 0) is 0 Å². The molecule has 1 heterocycles. The van der Waals surface area contributed by atoms with Crippen LogP contribution in [0.2, 0.25) is 0 Å². The molecule has 2 aliphatic rings. The summed E-state index contributed by atoms with van der Waals surface area (Å²) in [6, 6.07) is 2.41. The van der Waals surface area contributed by atoms with E-state index in [1.165, 1.54) is 64.5 Å². The van der Waals surface area contributed by atoms with Gasteiger partial charge in [0.05, 0.1) is 0 Å². The van der Waals surface area contributed by atoms with Gasteiger partial charge in [0.25, 0.3) is 0 Å². The Hall–Kier alpha value is -0.0800. The minimum Gasteiger partial charge on any atom is -0.314 e. The first-order valence-corrected chi connectivity index (χ1v) is 8.71. The van der Waals surface area contributed by atoms with Crippen LogP contribution >= 0.6 is 0 Å². The highest BCUT2D eigenvalue weighted by Crippen LogP contribution is 2.31. The number of likely N-dealkylation sites (tertiary alicyclic amines) is 1. The molecule has 2 heteroatoms. The first-order valence-electron chi connectivity index (χ1n) is 8.71. The molecule has 0 radical (unpaired) electrons. The number of piperidine rings is 1. The molecule has 1 N–H and O–H groups in total. The third-order valence-electron chi connectivity index (χ3n) is 5.35. The van der Waals surface area contributed by atoms with E-state index in [0.717, 1.165) is 24.0 Å². The van der Waals surface area contributed by atoms with Crippen molar-refractivity contribution in [3.8, 4) is 0 Å². The second kappa shape index (κ2) is 7.64. The average Bonchev–Trinajstić information content (AvgIpc) is 2.61. The van der Waals surface area contributed by atoms with Gasteiger partial charge in [-0.1, -0.05) is 33.1 Å². The predicted octanol–water partition coefficient (Wildman–Crippen LogP) is 3.81. The highest BCUT2D eigenvalue weighted by atomic mass is 15.2. The van der Waals surface area contributed by atoms with Crippen LogP contribution in [-0.4, -0.2) is 36.1 Å². The van der Waals surface area contributed by atoms with E-state index in [-0.39, 0.29) is 0 Å². The molecule has 0 amide bonds. The van der Waals surface area contributed by atoms with Crippen LogP contribution in [0.25, 0.3) is 0 Å². The van der Waals surface area contributed by atoms with Crippen molar-refractivity contribution in [3.05, 3.63) is 0 Å². The predicted molar refractivity (Wildman–Crippen MR) is 83.5 cm³/mol. The molecule has 1 saturated carbocycles. The summed E-state index contributed by atoms with van der Waals surface area (Å²) in [4.78, 5) is 2.85. The van der Waals surface area contributed by atoms with Gasteiger partial charge in [-0.2, -0.15) is 0 Å². The number of nitrogens with zero attached hydrogens (tertiary/aromatic N) is 1. The van der Waals surface area contributed by atoms with E-state index < -0.39 is 0 Å². The highest BCUT2D eigenvalue weighted by molar-refractivity contribution is 4.89. The Bertz CT molecular complexity index is 254. The second-order valence-electron chi connectivity index (χ2n) is 6.94. The fourth-order valence-electron chi connectivity index (χ4n) is 4.18. The standard InChI is InChI=1S/C17H34N2/c1-4-11-18-16-10-12-19(15(3)13-16)17-9-7-5-6-8-14(17)2/h14-18H,4-13H2,1-3H3. The number of hydrogen-bond acceptors (Lipinski definition) is 2. The van der Waals surface area contributed by atoms with Crippen LogP contribution in [0.1, 0.15) is 72.1 Å². The molecule has 19 heavy (non-hydrogen) atoms. The Morgan fingerprint density at radius 2 is 1.84 bits per heavy atom. The minimum atomic E-state index is 0.771. The van der Waals surface area contributed by atoms with Gasteiger partial charge < -0.3 is 5.32 Å². The van der Waals surface area contributed by atoms with Crippen molar-refractivity contribution in [1.82, 2.24) is 10.2 Å². The van der Waals surface area contributed by atoms with Crippen molar-refractivity contribution >= 4 is 0 Å². The van der Waals surface area contributed by atoms with E-state index in [9.17, 15) is 0 Å². The summed E-state index contributed by atoms with van der Waals surface area (Å²) in [6.45, 7) is 9.72. The van der Waals surface area contributed by atoms with Gasteiger partial charge in [0, 0.05) is 24.7 Å². The maximum Gasteiger partial charge on any atom is 0.0124 e. The lowest BCUT2D eigenvalue weighted by Crippen LogP contribution is -2.53. The lowest BCUT2D eigenvalue weighted by atomic mass is 9.89. The third-order valence-corrected chi connectivity index (χ3v) is 5.35. The molecule has 112 valence electrons. The van der Waals surface area contributed by atoms with E-state index in [0.29, 0.717) is 0 Å². The van der Waals surface area contributed by atoms with Crippen LogP contribution in [0.15, 0.2) is 0 Å². The summed E-state index contributed by atoms with van der Waals surface area (Å²) in [7, 11) is 0. The lowest BCUT2D eigenvalue weighted by molar-refractivity contribution is 0.0567. The average molecular weight is 266 g/mol. The molecule has 1 aliphatic heterocycles. The topological polar surface area (TPSA) is 15.3 Å². The smallest absolute Gasteiger partial charge is 0.0124 e. The van der Waals surface area contributed by atoms with Gasteiger partial charge in [0.1, 0.15) is 0 Å². The summed E-state index contributed by atoms with van der Waals surface area (Å²) >= 11 is 0. The molecule has 1 aliphatic carbocycles. The molecule has 2 nitrogen and oxygen atoms in total. The number of hydrogen-bond donors (Lipinski definition) is 1. The minimum absolute atomic E-state index is 0.771. The Kier molecular flexibility index (Phi) is 6.15. The molecule has 0 aromatic carbocycles. The molecule has 1 saturated heterocycles. The van der Waals surface area contributed by atoms with Crippen LogP contribution in [0.3, 0.4) is 0 Å². The molecule has 0 bridgehead atoms. The Morgan fingerprint density at radius 1 is 1.05 bits per heavy atom. The van der Waals surface area contributed by atoms with Crippen molar-refractivity contribution in [2.45, 2.75) is 90.3 Å².